The lowest BCUT2D eigenvalue weighted by Crippen LogP contribution is -2.55. The van der Waals surface area contributed by atoms with Gasteiger partial charge in [0.1, 0.15) is 11.2 Å². The van der Waals surface area contributed by atoms with Gasteiger partial charge in [0, 0.05) is 18.0 Å². The largest absolute Gasteiger partial charge is 0.377 e. The molecule has 2 rings (SSSR count). The molecule has 0 aliphatic carbocycles. The molecular formula is C11H16ClN3O2S. The maximum absolute atomic E-state index is 12.1. The second kappa shape index (κ2) is 5.86. The number of morpholine rings is 1. The van der Waals surface area contributed by atoms with Gasteiger partial charge in [-0.3, -0.25) is 4.79 Å². The van der Waals surface area contributed by atoms with Crippen LogP contribution in [0.25, 0.3) is 0 Å². The molecule has 0 bridgehead atoms. The molecule has 100 valence electrons. The first kappa shape index (κ1) is 13.6. The van der Waals surface area contributed by atoms with Gasteiger partial charge in [-0.1, -0.05) is 11.6 Å². The Hall–Kier alpha value is -0.850. The first-order valence-corrected chi connectivity index (χ1v) is 7.09. The number of hydrogen-bond acceptors (Lipinski definition) is 5. The number of halogens is 1. The molecule has 0 spiro atoms. The van der Waals surface area contributed by atoms with E-state index < -0.39 is 0 Å². The number of rotatable bonds is 3. The summed E-state index contributed by atoms with van der Waals surface area (Å²) in [6.45, 7) is 5.51. The molecule has 5 nitrogen and oxygen atoms in total. The molecule has 0 saturated carbocycles. The minimum Gasteiger partial charge on any atom is -0.377 e. The number of carbonyl (C=O) groups is 1. The summed E-state index contributed by atoms with van der Waals surface area (Å²) < 4.78 is 5.38. The highest BCUT2D eigenvalue weighted by molar-refractivity contribution is 7.14. The van der Waals surface area contributed by atoms with E-state index in [1.807, 2.05) is 18.7 Å². The number of carbonyl (C=O) groups excluding carboxylic acids is 1. The van der Waals surface area contributed by atoms with Crippen LogP contribution in [0.3, 0.4) is 0 Å². The molecule has 1 saturated heterocycles. The number of hydrogen-bond donors (Lipinski definition) is 1. The predicted octanol–water partition coefficient (Wildman–Crippen LogP) is 1.53. The highest BCUT2D eigenvalue weighted by Gasteiger charge is 2.31. The highest BCUT2D eigenvalue weighted by Crippen LogP contribution is 2.26. The van der Waals surface area contributed by atoms with Gasteiger partial charge in [-0.25, -0.2) is 4.98 Å². The fourth-order valence-corrected chi connectivity index (χ4v) is 2.83. The van der Waals surface area contributed by atoms with Crippen molar-refractivity contribution >= 4 is 34.0 Å². The van der Waals surface area contributed by atoms with Gasteiger partial charge in [0.05, 0.1) is 13.2 Å². The van der Waals surface area contributed by atoms with Crippen molar-refractivity contribution in [3.05, 3.63) is 10.5 Å². The van der Waals surface area contributed by atoms with E-state index in [0.29, 0.717) is 24.9 Å². The van der Waals surface area contributed by atoms with Crippen LogP contribution < -0.4 is 10.2 Å². The maximum atomic E-state index is 12.1. The third-order valence-corrected chi connectivity index (χ3v) is 3.77. The van der Waals surface area contributed by atoms with Crippen molar-refractivity contribution in [3.63, 3.8) is 0 Å². The zero-order valence-electron chi connectivity index (χ0n) is 10.4. The second-order valence-corrected chi connectivity index (χ2v) is 5.62. The molecular weight excluding hydrogens is 274 g/mol. The van der Waals surface area contributed by atoms with Crippen molar-refractivity contribution in [3.8, 4) is 0 Å². The summed E-state index contributed by atoms with van der Waals surface area (Å²) in [5, 5.41) is 5.90. The molecule has 1 aromatic rings. The maximum Gasteiger partial charge on any atom is 0.245 e. The lowest BCUT2D eigenvalue weighted by atomic mass is 10.2. The van der Waals surface area contributed by atoms with Crippen LogP contribution in [0, 0.1) is 0 Å². The van der Waals surface area contributed by atoms with E-state index in [2.05, 4.69) is 10.3 Å². The Labute approximate surface area is 115 Å². The summed E-state index contributed by atoms with van der Waals surface area (Å²) in [4.78, 5) is 18.3. The number of thiazole rings is 1. The molecule has 1 fully saturated rings. The van der Waals surface area contributed by atoms with E-state index >= 15 is 0 Å². The minimum absolute atomic E-state index is 0.0315. The minimum atomic E-state index is -0.330. The van der Waals surface area contributed by atoms with Crippen molar-refractivity contribution in [1.82, 2.24) is 10.3 Å². The Morgan fingerprint density at radius 2 is 2.50 bits per heavy atom. The van der Waals surface area contributed by atoms with Gasteiger partial charge in [0.15, 0.2) is 5.13 Å². The average molecular weight is 290 g/mol. The first-order chi connectivity index (χ1) is 8.58. The van der Waals surface area contributed by atoms with Crippen LogP contribution in [0.5, 0.6) is 0 Å². The third-order valence-electron chi connectivity index (χ3n) is 2.57. The van der Waals surface area contributed by atoms with Crippen LogP contribution in [0.15, 0.2) is 5.38 Å². The number of nitrogens with one attached hydrogen (secondary N) is 1. The number of ether oxygens (including phenoxy) is 1. The smallest absolute Gasteiger partial charge is 0.245 e. The molecule has 1 N–H and O–H groups in total. The van der Waals surface area contributed by atoms with Crippen LogP contribution >= 0.6 is 22.9 Å². The van der Waals surface area contributed by atoms with E-state index in [1.54, 1.807) is 5.38 Å². The second-order valence-electron chi connectivity index (χ2n) is 4.40. The molecule has 1 atom stereocenters. The number of amides is 1. The lowest BCUT2D eigenvalue weighted by Gasteiger charge is -2.34. The Balaban J connectivity index is 2.13. The zero-order valence-corrected chi connectivity index (χ0v) is 11.9. The number of aromatic nitrogens is 1. The molecule has 7 heteroatoms. The molecule has 1 aromatic heterocycles. The van der Waals surface area contributed by atoms with E-state index in [1.165, 1.54) is 11.3 Å². The van der Waals surface area contributed by atoms with E-state index in [4.69, 9.17) is 16.3 Å². The van der Waals surface area contributed by atoms with Crippen molar-refractivity contribution in [1.29, 1.82) is 0 Å². The molecule has 2 heterocycles. The Bertz CT molecular complexity index is 424. The Morgan fingerprint density at radius 3 is 3.11 bits per heavy atom. The average Bonchev–Trinajstić information content (AvgIpc) is 2.75. The molecule has 1 aliphatic heterocycles. The zero-order chi connectivity index (χ0) is 13.1. The fourth-order valence-electron chi connectivity index (χ4n) is 1.81. The normalized spacial score (nSPS) is 20.2. The molecule has 1 aliphatic rings. The van der Waals surface area contributed by atoms with Crippen LogP contribution in [0.4, 0.5) is 5.13 Å². The summed E-state index contributed by atoms with van der Waals surface area (Å²) in [6, 6.07) is -0.218. The van der Waals surface area contributed by atoms with Gasteiger partial charge in [-0.05, 0) is 13.8 Å². The van der Waals surface area contributed by atoms with Crippen LogP contribution in [0.1, 0.15) is 13.8 Å². The van der Waals surface area contributed by atoms with Gasteiger partial charge in [0.25, 0.3) is 0 Å². The Morgan fingerprint density at radius 1 is 1.72 bits per heavy atom. The van der Waals surface area contributed by atoms with E-state index in [0.717, 1.165) is 5.13 Å². The van der Waals surface area contributed by atoms with Crippen molar-refractivity contribution < 1.29 is 9.53 Å². The first-order valence-electron chi connectivity index (χ1n) is 5.83. The monoisotopic (exact) mass is 289 g/mol. The topological polar surface area (TPSA) is 54.5 Å². The number of nitrogens with zero attached hydrogens (tertiary/aromatic N) is 2. The van der Waals surface area contributed by atoms with Crippen molar-refractivity contribution in [2.45, 2.75) is 25.9 Å². The Kier molecular flexibility index (Phi) is 4.42. The molecule has 1 unspecified atom stereocenters. The highest BCUT2D eigenvalue weighted by atomic mass is 35.5. The van der Waals surface area contributed by atoms with Gasteiger partial charge in [0.2, 0.25) is 5.91 Å². The number of anilines is 1. The SMILES string of the molecule is CC(C)NC(=O)C1COCCN1c1nc(Cl)cs1. The fraction of sp³-hybridized carbons (Fsp3) is 0.636. The van der Waals surface area contributed by atoms with Gasteiger partial charge < -0.3 is 15.0 Å². The van der Waals surface area contributed by atoms with Gasteiger partial charge in [-0.2, -0.15) is 0 Å². The van der Waals surface area contributed by atoms with Crippen LogP contribution in [-0.4, -0.2) is 42.7 Å². The lowest BCUT2D eigenvalue weighted by molar-refractivity contribution is -0.125. The molecule has 18 heavy (non-hydrogen) atoms. The van der Waals surface area contributed by atoms with Crippen LogP contribution in [-0.2, 0) is 9.53 Å². The quantitative estimate of drug-likeness (QED) is 0.917. The summed E-state index contributed by atoms with van der Waals surface area (Å²) in [5.74, 6) is -0.0315. The standard InChI is InChI=1S/C11H16ClN3O2S/c1-7(2)13-10(16)8-5-17-4-3-15(8)11-14-9(12)6-18-11/h6-8H,3-5H2,1-2H3,(H,13,16). The van der Waals surface area contributed by atoms with E-state index in [9.17, 15) is 4.79 Å². The third kappa shape index (κ3) is 3.13. The van der Waals surface area contributed by atoms with Crippen molar-refractivity contribution in [2.75, 3.05) is 24.7 Å². The van der Waals surface area contributed by atoms with Gasteiger partial charge in [-0.15, -0.1) is 11.3 Å². The summed E-state index contributed by atoms with van der Waals surface area (Å²) in [5.41, 5.74) is 0. The van der Waals surface area contributed by atoms with Crippen molar-refractivity contribution in [2.24, 2.45) is 0 Å². The van der Waals surface area contributed by atoms with E-state index in [-0.39, 0.29) is 18.0 Å². The summed E-state index contributed by atoms with van der Waals surface area (Å²) in [7, 11) is 0. The summed E-state index contributed by atoms with van der Waals surface area (Å²) >= 11 is 7.28. The van der Waals surface area contributed by atoms with Gasteiger partial charge >= 0.3 is 0 Å². The molecule has 0 radical (unpaired) electrons. The predicted molar refractivity (Wildman–Crippen MR) is 72.4 cm³/mol. The molecule has 1 amide bonds. The van der Waals surface area contributed by atoms with Crippen LogP contribution in [0.2, 0.25) is 5.15 Å². The summed E-state index contributed by atoms with van der Waals surface area (Å²) in [6.07, 6.45) is 0. The molecule has 0 aromatic carbocycles.